The molecule has 4 heterocycles. The number of sulfone groups is 1. The van der Waals surface area contributed by atoms with Gasteiger partial charge in [0.05, 0.1) is 107 Å². The van der Waals surface area contributed by atoms with Gasteiger partial charge in [-0.05, 0) is 138 Å². The Morgan fingerprint density at radius 3 is 1.57 bits per heavy atom. The van der Waals surface area contributed by atoms with E-state index in [-0.39, 0.29) is 115 Å². The highest BCUT2D eigenvalue weighted by molar-refractivity contribution is 7.90. The molecule has 1 aliphatic rings. The molecule has 1 saturated heterocycles. The highest BCUT2D eigenvalue weighted by Crippen LogP contribution is 2.38. The first-order valence-corrected chi connectivity index (χ1v) is 50.9. The van der Waals surface area contributed by atoms with Crippen LogP contribution >= 0.6 is 136 Å². The predicted molar refractivity (Wildman–Crippen MR) is 567 cm³/mol. The normalized spacial score (nSPS) is 11.3. The monoisotopic (exact) mass is 2060 g/mol. The molecule has 0 amide bonds. The molecule has 0 saturated carbocycles. The zero-order valence-electron chi connectivity index (χ0n) is 76.4. The summed E-state index contributed by atoms with van der Waals surface area (Å²) < 4.78 is 68.1. The molecule has 3 aromatic heterocycles. The van der Waals surface area contributed by atoms with Crippen molar-refractivity contribution in [3.63, 3.8) is 0 Å². The molecule has 35 heteroatoms. The molecule has 0 unspecified atom stereocenters. The third-order valence-electron chi connectivity index (χ3n) is 19.7. The third kappa shape index (κ3) is 38.5. The molecule has 0 aliphatic carbocycles. The Labute approximate surface area is 847 Å². The number of fused-ring (bicyclic) bond motifs is 2. The number of hydrogen-bond donors (Lipinski definition) is 8. The second-order valence-corrected chi connectivity index (χ2v) is 37.4. The minimum Gasteiger partial charge on any atom is -0.496 e. The molecule has 718 valence electrons. The maximum Gasteiger partial charge on any atom is 0.175 e. The van der Waals surface area contributed by atoms with Crippen molar-refractivity contribution in [3.05, 3.63) is 272 Å². The number of ketones is 8. The number of ether oxygens (including phenoxy) is 5. The van der Waals surface area contributed by atoms with Crippen molar-refractivity contribution in [3.8, 4) is 45.9 Å². The summed E-state index contributed by atoms with van der Waals surface area (Å²) in [4.78, 5) is 106. The summed E-state index contributed by atoms with van der Waals surface area (Å²) in [6.07, 6.45) is 9.05. The molecule has 135 heavy (non-hydrogen) atoms. The topological polar surface area (TPSA) is 292 Å². The van der Waals surface area contributed by atoms with Crippen LogP contribution in [0.4, 0.5) is 10.1 Å². The van der Waals surface area contributed by atoms with Gasteiger partial charge in [0.25, 0.3) is 0 Å². The lowest BCUT2D eigenvalue weighted by Gasteiger charge is -2.31. The second kappa shape index (κ2) is 59.7. The predicted octanol–water partition coefficient (Wildman–Crippen LogP) is 18.8. The van der Waals surface area contributed by atoms with E-state index in [4.69, 9.17) is 52.1 Å². The van der Waals surface area contributed by atoms with Crippen LogP contribution in [0.25, 0.3) is 38.1 Å². The summed E-state index contributed by atoms with van der Waals surface area (Å²) in [7, 11) is 1.96. The van der Waals surface area contributed by atoms with Crippen molar-refractivity contribution in [1.29, 1.82) is 5.26 Å². The fourth-order valence-electron chi connectivity index (χ4n) is 12.9. The van der Waals surface area contributed by atoms with Crippen LogP contribution in [0.2, 0.25) is 10.0 Å². The second-order valence-electron chi connectivity index (χ2n) is 30.9. The van der Waals surface area contributed by atoms with E-state index in [9.17, 15) is 51.2 Å². The molecule has 22 nitrogen and oxygen atoms in total. The maximum atomic E-state index is 13.1. The van der Waals surface area contributed by atoms with Crippen molar-refractivity contribution < 1.29 is 74.8 Å². The van der Waals surface area contributed by atoms with Gasteiger partial charge in [0.1, 0.15) is 92.0 Å². The number of Topliss-reactive ketones (excluding diaryl/α,β-unsaturated/α-hetero) is 8. The number of halogens is 3. The van der Waals surface area contributed by atoms with Crippen molar-refractivity contribution in [2.45, 2.75) is 96.3 Å². The van der Waals surface area contributed by atoms with Gasteiger partial charge in [0.2, 0.25) is 0 Å². The summed E-state index contributed by atoms with van der Waals surface area (Å²) in [5.41, 5.74) is 13.2. The van der Waals surface area contributed by atoms with E-state index in [1.165, 1.54) is 41.4 Å². The molecular formula is C100H112Cl2FN7O15S10. The van der Waals surface area contributed by atoms with Gasteiger partial charge in [-0.15, -0.1) is 11.3 Å². The maximum absolute atomic E-state index is 13.1. The molecule has 0 radical (unpaired) electrons. The first-order chi connectivity index (χ1) is 64.5. The first-order valence-electron chi connectivity index (χ1n) is 42.4. The number of carbonyl (C=O) groups is 8. The first kappa shape index (κ1) is 114. The van der Waals surface area contributed by atoms with Crippen LogP contribution < -0.4 is 23.8 Å². The number of aromatic nitrogens is 5. The van der Waals surface area contributed by atoms with Gasteiger partial charge >= 0.3 is 0 Å². The number of nitriles is 1. The van der Waals surface area contributed by atoms with Gasteiger partial charge in [0.15, 0.2) is 9.84 Å². The Morgan fingerprint density at radius 2 is 1.04 bits per heavy atom. The van der Waals surface area contributed by atoms with Crippen molar-refractivity contribution in [1.82, 2.24) is 24.1 Å². The van der Waals surface area contributed by atoms with Crippen LogP contribution in [0, 0.1) is 17.1 Å². The minimum atomic E-state index is -3.21. The minimum absolute atomic E-state index is 0.000672. The van der Waals surface area contributed by atoms with Gasteiger partial charge in [0, 0.05) is 152 Å². The molecule has 0 atom stereocenters. The number of morpholine rings is 1. The van der Waals surface area contributed by atoms with Crippen molar-refractivity contribution in [2.75, 3.05) is 111 Å². The number of nitrogens with zero attached hydrogens (tertiary/aromatic N) is 7. The molecule has 1 aliphatic heterocycles. The summed E-state index contributed by atoms with van der Waals surface area (Å²) in [6, 6.07) is 57.6. The molecule has 9 aromatic carbocycles. The molecule has 0 N–H and O–H groups in total. The van der Waals surface area contributed by atoms with Crippen molar-refractivity contribution >= 4 is 219 Å². The van der Waals surface area contributed by atoms with Gasteiger partial charge in [-0.2, -0.15) is 106 Å². The van der Waals surface area contributed by atoms with E-state index in [0.29, 0.717) is 91.3 Å². The van der Waals surface area contributed by atoms with E-state index in [1.54, 1.807) is 69.2 Å². The third-order valence-corrected chi connectivity index (χ3v) is 25.4. The average Bonchev–Trinajstić information content (AvgIpc) is 1.69. The number of benzene rings is 9. The van der Waals surface area contributed by atoms with Crippen LogP contribution in [0.5, 0.6) is 23.0 Å². The molecule has 0 bridgehead atoms. The number of imidazole rings is 2. The van der Waals surface area contributed by atoms with E-state index >= 15 is 0 Å². The Hall–Kier alpha value is -9.38. The Kier molecular flexibility index (Phi) is 50.6. The van der Waals surface area contributed by atoms with E-state index in [2.05, 4.69) is 148 Å². The van der Waals surface area contributed by atoms with Crippen LogP contribution in [0.3, 0.4) is 0 Å². The number of rotatable bonds is 34. The number of anilines is 1. The highest BCUT2D eigenvalue weighted by Gasteiger charge is 2.23. The van der Waals surface area contributed by atoms with Crippen LogP contribution in [0.15, 0.2) is 206 Å². The Bertz CT molecular complexity index is 6090. The van der Waals surface area contributed by atoms with E-state index in [1.807, 2.05) is 158 Å². The fraction of sp³-hybridized carbons (Fsp3) is 0.320. The summed E-state index contributed by atoms with van der Waals surface area (Å²) in [6.45, 7) is 14.5. The average molecular weight is 2060 g/mol. The largest absolute Gasteiger partial charge is 0.496 e. The number of para-hydroxylation sites is 2. The molecule has 1 fully saturated rings. The number of carbonyl (C=O) groups excluding carboxylic acids is 8. The lowest BCUT2D eigenvalue weighted by molar-refractivity contribution is -0.116. The summed E-state index contributed by atoms with van der Waals surface area (Å²) in [5.74, 6) is 5.54. The zero-order valence-corrected chi connectivity index (χ0v) is 86.7. The Morgan fingerprint density at radius 1 is 0.519 bits per heavy atom. The summed E-state index contributed by atoms with van der Waals surface area (Å²) >= 11 is 44.4. The lowest BCUT2D eigenvalue weighted by atomic mass is 9.85. The molecular weight excluding hydrogens is 1950 g/mol. The molecule has 13 rings (SSSR count). The number of methoxy groups -OCH3 is 2. The number of aryl methyl sites for hydroxylation is 1. The fourth-order valence-corrected chi connectivity index (χ4v) is 15.8. The van der Waals surface area contributed by atoms with Gasteiger partial charge in [-0.25, -0.2) is 27.8 Å². The van der Waals surface area contributed by atoms with Crippen LogP contribution in [-0.2, 0) is 117 Å². The molecule has 12 aromatic rings. The number of thiazole rings is 1. The number of hydrogen-bond acceptors (Lipinski definition) is 29. The SMILES string of the molecule is CCOc1cc(N2CCOCC2)c(OCC)cc1CC(=O)CS.COc1ccc(-c2ccccc2)cc1CC(=O)CS.COc1ccc(C(C)(C)C)cc1CC(=O)CS.CS(=O)(=O)c1ccc2nc(CC(=O)CS)sc2c1.Cn1c(CC(=O)CS)nc2ccccc21.N#Cc1c(F)cccc1CC(=O)CS.O=C(CS)Cc1ccc(-n2ccnc2)cc1.O=C(CS)Cc1ccc(Cl)c(Cl)c1. The Balaban J connectivity index is 0.000000238. The van der Waals surface area contributed by atoms with E-state index in [0.717, 1.165) is 113 Å². The summed E-state index contributed by atoms with van der Waals surface area (Å²) in [5, 5.41) is 10.3. The van der Waals surface area contributed by atoms with E-state index < -0.39 is 15.7 Å². The highest BCUT2D eigenvalue weighted by atomic mass is 35.5. The lowest BCUT2D eigenvalue weighted by Crippen LogP contribution is -2.36. The van der Waals surface area contributed by atoms with Crippen LogP contribution in [-0.4, -0.2) is 185 Å². The van der Waals surface area contributed by atoms with Crippen LogP contribution in [0.1, 0.15) is 90.0 Å². The van der Waals surface area contributed by atoms with Crippen molar-refractivity contribution in [2.24, 2.45) is 7.05 Å². The standard InChI is InChI=1S/C17H25NO4S.C16H16O2S.C14H20O2S.C12H12N2OS.C11H12N2OS.C11H11NO3S3.C10H8FNOS.C9H8Cl2OS/c1-3-21-16-11-15(18-5-7-20-8-6-18)17(22-4-2)10-13(16)9-14(19)12-23;1-18-16-8-7-13(12-5-3-2-4-6-12)9-14(16)10-15(17)11-19;1-14(2,3)11-5-6-13(16-4)10(7-11)8-12(15)9-17;15-12(8-16)7-10-1-3-11(4-2-10)14-6-5-13-9-14;1-13-10-5-3-2-4-9(10)12-11(13)6-8(14)7-15;1-18(14,15)8-2-3-9-10(5-8)17-11(12-9)4-7(13)6-16;11-10-3-1-2-7(9(10)5-12)4-8(13)6-14;10-8-2-1-6(4-9(8)11)3-7(12)5-13/h10-11,23H,3-9,12H2,1-2H3;2-9,19H,10-11H2,1H3;5-7,17H,8-9H2,1-4H3;1-6,9,16H,7-8H2;2-5,15H,6-7H2,1H3;2-3,5,16H,4,6H2,1H3;1-3,14H,4,6H2;1-2,4,13H,3,5H2. The van der Waals surface area contributed by atoms with Gasteiger partial charge in [-0.1, -0.05) is 135 Å². The number of thiol groups is 8. The zero-order chi connectivity index (χ0) is 99.3. The molecule has 0 spiro atoms. The van der Waals surface area contributed by atoms with Gasteiger partial charge in [-0.3, -0.25) is 38.4 Å². The quantitative estimate of drug-likeness (QED) is 0.0174. The smallest absolute Gasteiger partial charge is 0.175 e. The van der Waals surface area contributed by atoms with Gasteiger partial charge < -0.3 is 37.7 Å².